The van der Waals surface area contributed by atoms with Gasteiger partial charge in [-0.25, -0.2) is 0 Å². The minimum absolute atomic E-state index is 0.0137. The third kappa shape index (κ3) is 2.54. The van der Waals surface area contributed by atoms with E-state index in [0.29, 0.717) is 17.2 Å². The predicted molar refractivity (Wildman–Crippen MR) is 74.5 cm³/mol. The highest BCUT2D eigenvalue weighted by Crippen LogP contribution is 2.23. The van der Waals surface area contributed by atoms with Gasteiger partial charge in [-0.1, -0.05) is 18.2 Å². The summed E-state index contributed by atoms with van der Waals surface area (Å²) >= 11 is 0. The molecule has 7 heteroatoms. The van der Waals surface area contributed by atoms with Crippen LogP contribution in [0.3, 0.4) is 0 Å². The van der Waals surface area contributed by atoms with Gasteiger partial charge in [0.15, 0.2) is 0 Å². The molecule has 0 amide bonds. The van der Waals surface area contributed by atoms with Gasteiger partial charge in [-0.05, 0) is 24.0 Å². The molecule has 2 aromatic rings. The van der Waals surface area contributed by atoms with Crippen molar-refractivity contribution in [2.45, 2.75) is 12.3 Å². The minimum atomic E-state index is -1.48. The van der Waals surface area contributed by atoms with E-state index in [0.717, 1.165) is 12.0 Å². The maximum atomic E-state index is 9.04. The summed E-state index contributed by atoms with van der Waals surface area (Å²) in [5.41, 5.74) is 1.15. The topological polar surface area (TPSA) is 91.7 Å². The first-order valence-electron chi connectivity index (χ1n) is 6.22. The average Bonchev–Trinajstić information content (AvgIpc) is 2.98. The van der Waals surface area contributed by atoms with Gasteiger partial charge in [0.25, 0.3) is 0 Å². The third-order valence-electron chi connectivity index (χ3n) is 3.06. The number of hydrogen-bond donors (Lipinski definition) is 2. The van der Waals surface area contributed by atoms with Crippen LogP contribution in [-0.4, -0.2) is 33.6 Å². The molecule has 1 aliphatic rings. The van der Waals surface area contributed by atoms with E-state index in [-0.39, 0.29) is 5.92 Å². The van der Waals surface area contributed by atoms with Crippen molar-refractivity contribution in [2.75, 3.05) is 0 Å². The molecular weight excluding hydrogens is 257 g/mol. The second kappa shape index (κ2) is 5.40. The van der Waals surface area contributed by atoms with Crippen LogP contribution in [0.25, 0.3) is 11.5 Å². The Morgan fingerprint density at radius 1 is 1.15 bits per heavy atom. The van der Waals surface area contributed by atoms with Crippen LogP contribution in [0.4, 0.5) is 0 Å². The molecule has 0 saturated heterocycles. The highest BCUT2D eigenvalue weighted by atomic mass is 16.4. The number of benzene rings is 1. The molecule has 20 heavy (non-hydrogen) atoms. The van der Waals surface area contributed by atoms with Crippen LogP contribution in [0.2, 0.25) is 0 Å². The van der Waals surface area contributed by atoms with Gasteiger partial charge < -0.3 is 14.5 Å². The molecule has 3 rings (SSSR count). The second-order valence-corrected chi connectivity index (χ2v) is 4.47. The highest BCUT2D eigenvalue weighted by molar-refractivity contribution is 6.58. The fraction of sp³-hybridized carbons (Fsp3) is 0.154. The molecule has 2 heterocycles. The SMILES string of the molecule is OB(O)c1ccc(-c2nnc(C3C=NC=CC3)o2)cc1. The maximum Gasteiger partial charge on any atom is 0.488 e. The lowest BCUT2D eigenvalue weighted by Crippen LogP contribution is -2.29. The van der Waals surface area contributed by atoms with E-state index in [1.807, 2.05) is 6.08 Å². The van der Waals surface area contributed by atoms with Gasteiger partial charge in [0.05, 0.1) is 5.92 Å². The second-order valence-electron chi connectivity index (χ2n) is 4.47. The minimum Gasteiger partial charge on any atom is -0.423 e. The van der Waals surface area contributed by atoms with Crippen molar-refractivity contribution in [1.82, 2.24) is 10.2 Å². The lowest BCUT2D eigenvalue weighted by Gasteiger charge is -2.05. The van der Waals surface area contributed by atoms with E-state index < -0.39 is 7.12 Å². The van der Waals surface area contributed by atoms with Crippen LogP contribution in [0.1, 0.15) is 18.2 Å². The lowest BCUT2D eigenvalue weighted by molar-refractivity contribution is 0.426. The van der Waals surface area contributed by atoms with Crippen molar-refractivity contribution in [1.29, 1.82) is 0 Å². The zero-order valence-electron chi connectivity index (χ0n) is 10.5. The van der Waals surface area contributed by atoms with Crippen molar-refractivity contribution in [3.63, 3.8) is 0 Å². The summed E-state index contributed by atoms with van der Waals surface area (Å²) in [6, 6.07) is 6.63. The first kappa shape index (κ1) is 12.8. The summed E-state index contributed by atoms with van der Waals surface area (Å²) in [6.45, 7) is 0. The van der Waals surface area contributed by atoms with Gasteiger partial charge in [0.1, 0.15) is 0 Å². The zero-order valence-corrected chi connectivity index (χ0v) is 10.5. The van der Waals surface area contributed by atoms with Crippen LogP contribution in [-0.2, 0) is 0 Å². The summed E-state index contributed by atoms with van der Waals surface area (Å²) < 4.78 is 5.64. The summed E-state index contributed by atoms with van der Waals surface area (Å²) in [6.07, 6.45) is 6.27. The third-order valence-corrected chi connectivity index (χ3v) is 3.06. The van der Waals surface area contributed by atoms with Crippen LogP contribution >= 0.6 is 0 Å². The number of nitrogens with zero attached hydrogens (tertiary/aromatic N) is 3. The molecule has 1 aromatic carbocycles. The van der Waals surface area contributed by atoms with E-state index in [1.165, 1.54) is 0 Å². The molecule has 1 aliphatic heterocycles. The largest absolute Gasteiger partial charge is 0.488 e. The number of hydrogen-bond acceptors (Lipinski definition) is 6. The Morgan fingerprint density at radius 2 is 1.95 bits per heavy atom. The van der Waals surface area contributed by atoms with Crippen molar-refractivity contribution in [3.05, 3.63) is 42.4 Å². The molecule has 2 N–H and O–H groups in total. The van der Waals surface area contributed by atoms with Crippen LogP contribution < -0.4 is 5.46 Å². The van der Waals surface area contributed by atoms with E-state index in [4.69, 9.17) is 14.5 Å². The highest BCUT2D eigenvalue weighted by Gasteiger charge is 2.18. The van der Waals surface area contributed by atoms with Crippen molar-refractivity contribution in [2.24, 2.45) is 4.99 Å². The normalized spacial score (nSPS) is 17.4. The van der Waals surface area contributed by atoms with E-state index in [9.17, 15) is 0 Å². The van der Waals surface area contributed by atoms with E-state index >= 15 is 0 Å². The van der Waals surface area contributed by atoms with E-state index in [2.05, 4.69) is 15.2 Å². The summed E-state index contributed by atoms with van der Waals surface area (Å²) in [4.78, 5) is 4.06. The number of aromatic nitrogens is 2. The molecule has 1 unspecified atom stereocenters. The molecule has 0 aliphatic carbocycles. The van der Waals surface area contributed by atoms with Crippen LogP contribution in [0.5, 0.6) is 0 Å². The monoisotopic (exact) mass is 269 g/mol. The molecule has 0 saturated carbocycles. The fourth-order valence-corrected chi connectivity index (χ4v) is 1.95. The first-order chi connectivity index (χ1) is 9.74. The van der Waals surface area contributed by atoms with Gasteiger partial charge in [0, 0.05) is 18.0 Å². The van der Waals surface area contributed by atoms with E-state index in [1.54, 1.807) is 36.7 Å². The number of aliphatic imine (C=N–C) groups is 1. The Morgan fingerprint density at radius 3 is 2.60 bits per heavy atom. The van der Waals surface area contributed by atoms with Gasteiger partial charge >= 0.3 is 7.12 Å². The average molecular weight is 269 g/mol. The molecule has 0 spiro atoms. The van der Waals surface area contributed by atoms with Crippen LogP contribution in [0.15, 0.2) is 46.0 Å². The molecule has 100 valence electrons. The fourth-order valence-electron chi connectivity index (χ4n) is 1.95. The Balaban J connectivity index is 1.82. The maximum absolute atomic E-state index is 9.04. The number of allylic oxidation sites excluding steroid dienone is 1. The lowest BCUT2D eigenvalue weighted by atomic mass is 9.80. The van der Waals surface area contributed by atoms with Crippen molar-refractivity contribution >= 4 is 18.8 Å². The van der Waals surface area contributed by atoms with Gasteiger partial charge in [0.2, 0.25) is 11.8 Å². The molecule has 1 atom stereocenters. The molecule has 0 fully saturated rings. The molecule has 6 nitrogen and oxygen atoms in total. The zero-order chi connectivity index (χ0) is 13.9. The summed E-state index contributed by atoms with van der Waals surface area (Å²) in [7, 11) is -1.48. The smallest absolute Gasteiger partial charge is 0.423 e. The quantitative estimate of drug-likeness (QED) is 0.791. The summed E-state index contributed by atoms with van der Waals surface area (Å²) in [5, 5.41) is 26.1. The van der Waals surface area contributed by atoms with Gasteiger partial charge in [-0.2, -0.15) is 0 Å². The molecule has 0 radical (unpaired) electrons. The molecule has 1 aromatic heterocycles. The Labute approximate surface area is 115 Å². The predicted octanol–water partition coefficient (Wildman–Crippen LogP) is 0.488. The molecule has 0 bridgehead atoms. The van der Waals surface area contributed by atoms with Crippen molar-refractivity contribution in [3.8, 4) is 11.5 Å². The molecular formula is C13H12BN3O3. The van der Waals surface area contributed by atoms with Crippen molar-refractivity contribution < 1.29 is 14.5 Å². The Kier molecular flexibility index (Phi) is 3.45. The van der Waals surface area contributed by atoms with Crippen LogP contribution in [0, 0.1) is 0 Å². The standard InChI is InChI=1S/C13H12BN3O3/c18-14(19)11-5-3-9(4-6-11)12-16-17-13(20-12)10-2-1-7-15-8-10/h1,3-8,10,18-19H,2H2. The number of rotatable bonds is 3. The summed E-state index contributed by atoms with van der Waals surface area (Å²) in [5.74, 6) is 0.945. The van der Waals surface area contributed by atoms with Gasteiger partial charge in [-0.3, -0.25) is 4.99 Å². The Hall–Kier alpha value is -2.25. The first-order valence-corrected chi connectivity index (χ1v) is 6.22. The van der Waals surface area contributed by atoms with Gasteiger partial charge in [-0.15, -0.1) is 10.2 Å². The Bertz CT molecular complexity index is 649.